The Labute approximate surface area is 88.3 Å². The second-order valence-corrected chi connectivity index (χ2v) is 4.47. The molecule has 0 aromatic carbocycles. The van der Waals surface area contributed by atoms with Gasteiger partial charge in [-0.05, 0) is 38.8 Å². The van der Waals surface area contributed by atoms with Crippen molar-refractivity contribution in [1.29, 1.82) is 0 Å². The van der Waals surface area contributed by atoms with Crippen LogP contribution in [0, 0.1) is 12.8 Å². The number of piperidine rings is 1. The Kier molecular flexibility index (Phi) is 3.31. The van der Waals surface area contributed by atoms with E-state index < -0.39 is 0 Å². The number of rotatable bonds is 3. The number of nitrogens with zero attached hydrogens (tertiary/aromatic N) is 2. The summed E-state index contributed by atoms with van der Waals surface area (Å²) in [5, 5.41) is 7.68. The number of aryl methyl sites for hydroxylation is 1. The Balaban J connectivity index is 1.76. The van der Waals surface area contributed by atoms with E-state index in [9.17, 15) is 0 Å². The highest BCUT2D eigenvalue weighted by Gasteiger charge is 2.12. The number of nitrogens with one attached hydrogen (secondary N) is 2. The molecule has 14 heavy (non-hydrogen) atoms. The van der Waals surface area contributed by atoms with Crippen LogP contribution < -0.4 is 10.6 Å². The first kappa shape index (κ1) is 9.86. The quantitative estimate of drug-likeness (QED) is 0.792. The molecule has 1 aliphatic rings. The molecule has 1 aromatic heterocycles. The van der Waals surface area contributed by atoms with Crippen LogP contribution in [0.2, 0.25) is 0 Å². The number of aromatic nitrogens is 2. The smallest absolute Gasteiger partial charge is 0.202 e. The van der Waals surface area contributed by atoms with Crippen molar-refractivity contribution in [1.82, 2.24) is 14.7 Å². The highest BCUT2D eigenvalue weighted by atomic mass is 32.1. The van der Waals surface area contributed by atoms with Crippen LogP contribution in [0.15, 0.2) is 0 Å². The molecule has 0 aliphatic carbocycles. The van der Waals surface area contributed by atoms with Gasteiger partial charge in [0.15, 0.2) is 0 Å². The standard InChI is InChI=1S/C9H16N4S/c1-7-12-9(14-13-7)11-6-8-2-4-10-5-3-8/h8,10H,2-6H2,1H3,(H,11,12,13). The first-order valence-electron chi connectivity index (χ1n) is 5.09. The summed E-state index contributed by atoms with van der Waals surface area (Å²) < 4.78 is 4.14. The average molecular weight is 212 g/mol. The van der Waals surface area contributed by atoms with Gasteiger partial charge in [-0.25, -0.2) is 4.98 Å². The summed E-state index contributed by atoms with van der Waals surface area (Å²) in [6.45, 7) is 5.27. The van der Waals surface area contributed by atoms with Crippen LogP contribution in [0.4, 0.5) is 5.13 Å². The molecule has 5 heteroatoms. The van der Waals surface area contributed by atoms with E-state index in [1.165, 1.54) is 24.4 Å². The Morgan fingerprint density at radius 3 is 2.93 bits per heavy atom. The van der Waals surface area contributed by atoms with Crippen LogP contribution in [-0.4, -0.2) is 29.0 Å². The van der Waals surface area contributed by atoms with E-state index in [4.69, 9.17) is 0 Å². The van der Waals surface area contributed by atoms with E-state index in [0.29, 0.717) is 0 Å². The largest absolute Gasteiger partial charge is 0.360 e. The molecule has 2 N–H and O–H groups in total. The second-order valence-electron chi connectivity index (χ2n) is 3.72. The van der Waals surface area contributed by atoms with Gasteiger partial charge >= 0.3 is 0 Å². The predicted octanol–water partition coefficient (Wildman–Crippen LogP) is 1.26. The van der Waals surface area contributed by atoms with Crippen molar-refractivity contribution in [3.05, 3.63) is 5.82 Å². The maximum absolute atomic E-state index is 4.28. The van der Waals surface area contributed by atoms with Crippen molar-refractivity contribution in [2.45, 2.75) is 19.8 Å². The number of hydrogen-bond acceptors (Lipinski definition) is 5. The molecule has 1 aromatic rings. The number of anilines is 1. The van der Waals surface area contributed by atoms with Crippen LogP contribution in [0.3, 0.4) is 0 Å². The fourth-order valence-corrected chi connectivity index (χ4v) is 2.27. The third-order valence-electron chi connectivity index (χ3n) is 2.53. The van der Waals surface area contributed by atoms with Crippen molar-refractivity contribution in [3.63, 3.8) is 0 Å². The van der Waals surface area contributed by atoms with Crippen LogP contribution >= 0.6 is 11.5 Å². The van der Waals surface area contributed by atoms with Crippen molar-refractivity contribution in [3.8, 4) is 0 Å². The Bertz CT molecular complexity index is 280. The normalized spacial score (nSPS) is 18.4. The van der Waals surface area contributed by atoms with E-state index in [-0.39, 0.29) is 0 Å². The van der Waals surface area contributed by atoms with Gasteiger partial charge in [-0.1, -0.05) is 0 Å². The molecule has 0 saturated carbocycles. The summed E-state index contributed by atoms with van der Waals surface area (Å²) in [6, 6.07) is 0. The third-order valence-corrected chi connectivity index (χ3v) is 3.29. The van der Waals surface area contributed by atoms with Crippen LogP contribution in [-0.2, 0) is 0 Å². The molecular weight excluding hydrogens is 196 g/mol. The number of hydrogen-bond donors (Lipinski definition) is 2. The Morgan fingerprint density at radius 2 is 2.29 bits per heavy atom. The molecule has 4 nitrogen and oxygen atoms in total. The fourth-order valence-electron chi connectivity index (χ4n) is 1.69. The average Bonchev–Trinajstić information content (AvgIpc) is 2.63. The molecule has 0 atom stereocenters. The van der Waals surface area contributed by atoms with E-state index in [1.54, 1.807) is 0 Å². The minimum Gasteiger partial charge on any atom is -0.360 e. The van der Waals surface area contributed by atoms with Gasteiger partial charge in [-0.15, -0.1) is 0 Å². The zero-order valence-electron chi connectivity index (χ0n) is 8.42. The van der Waals surface area contributed by atoms with Crippen molar-refractivity contribution < 1.29 is 0 Å². The van der Waals surface area contributed by atoms with E-state index in [1.807, 2.05) is 6.92 Å². The first-order valence-corrected chi connectivity index (χ1v) is 5.87. The van der Waals surface area contributed by atoms with Crippen LogP contribution in [0.1, 0.15) is 18.7 Å². The van der Waals surface area contributed by atoms with Gasteiger partial charge in [0.2, 0.25) is 5.13 Å². The van der Waals surface area contributed by atoms with E-state index in [2.05, 4.69) is 20.0 Å². The lowest BCUT2D eigenvalue weighted by molar-refractivity contribution is 0.390. The summed E-state index contributed by atoms with van der Waals surface area (Å²) in [4.78, 5) is 4.28. The lowest BCUT2D eigenvalue weighted by Crippen LogP contribution is -2.31. The molecule has 0 amide bonds. The maximum Gasteiger partial charge on any atom is 0.202 e. The van der Waals surface area contributed by atoms with Gasteiger partial charge < -0.3 is 10.6 Å². The molecule has 0 radical (unpaired) electrons. The minimum absolute atomic E-state index is 0.792. The van der Waals surface area contributed by atoms with Gasteiger partial charge in [0.1, 0.15) is 5.82 Å². The van der Waals surface area contributed by atoms with Gasteiger partial charge in [0.05, 0.1) is 0 Å². The Morgan fingerprint density at radius 1 is 1.50 bits per heavy atom. The van der Waals surface area contributed by atoms with Crippen LogP contribution in [0.25, 0.3) is 0 Å². The SMILES string of the molecule is Cc1nsc(NCC2CCNCC2)n1. The van der Waals surface area contributed by atoms with Gasteiger partial charge in [-0.3, -0.25) is 0 Å². The molecule has 0 unspecified atom stereocenters. The summed E-state index contributed by atoms with van der Waals surface area (Å²) in [7, 11) is 0. The molecular formula is C9H16N4S. The highest BCUT2D eigenvalue weighted by Crippen LogP contribution is 2.15. The monoisotopic (exact) mass is 212 g/mol. The van der Waals surface area contributed by atoms with E-state index in [0.717, 1.165) is 36.5 Å². The zero-order chi connectivity index (χ0) is 9.80. The third kappa shape index (κ3) is 2.65. The second kappa shape index (κ2) is 4.70. The topological polar surface area (TPSA) is 49.8 Å². The molecule has 78 valence electrons. The maximum atomic E-state index is 4.28. The Hall–Kier alpha value is -0.680. The summed E-state index contributed by atoms with van der Waals surface area (Å²) in [5.41, 5.74) is 0. The summed E-state index contributed by atoms with van der Waals surface area (Å²) >= 11 is 1.45. The first-order chi connectivity index (χ1) is 6.84. The summed E-state index contributed by atoms with van der Waals surface area (Å²) in [6.07, 6.45) is 2.54. The minimum atomic E-state index is 0.792. The molecule has 1 fully saturated rings. The highest BCUT2D eigenvalue weighted by molar-refractivity contribution is 7.09. The van der Waals surface area contributed by atoms with E-state index >= 15 is 0 Å². The lowest BCUT2D eigenvalue weighted by atomic mass is 9.98. The molecule has 0 spiro atoms. The predicted molar refractivity (Wildman–Crippen MR) is 58.7 cm³/mol. The molecule has 2 heterocycles. The fraction of sp³-hybridized carbons (Fsp3) is 0.778. The van der Waals surface area contributed by atoms with Gasteiger partial charge in [0, 0.05) is 18.1 Å². The van der Waals surface area contributed by atoms with Crippen LogP contribution in [0.5, 0.6) is 0 Å². The zero-order valence-corrected chi connectivity index (χ0v) is 9.23. The lowest BCUT2D eigenvalue weighted by Gasteiger charge is -2.22. The molecule has 2 rings (SSSR count). The molecule has 1 aliphatic heterocycles. The van der Waals surface area contributed by atoms with Gasteiger partial charge in [0.25, 0.3) is 0 Å². The molecule has 0 bridgehead atoms. The van der Waals surface area contributed by atoms with Crippen molar-refractivity contribution >= 4 is 16.7 Å². The van der Waals surface area contributed by atoms with Crippen molar-refractivity contribution in [2.24, 2.45) is 5.92 Å². The van der Waals surface area contributed by atoms with Crippen molar-refractivity contribution in [2.75, 3.05) is 25.0 Å². The molecule has 1 saturated heterocycles. The van der Waals surface area contributed by atoms with Gasteiger partial charge in [-0.2, -0.15) is 4.37 Å². The summed E-state index contributed by atoms with van der Waals surface area (Å²) in [5.74, 6) is 1.66.